The lowest BCUT2D eigenvalue weighted by Crippen LogP contribution is -2.27. The van der Waals surface area contributed by atoms with E-state index in [1.807, 2.05) is 37.3 Å². The maximum Gasteiger partial charge on any atom is 0.254 e. The van der Waals surface area contributed by atoms with Gasteiger partial charge in [0.05, 0.1) is 24.0 Å². The van der Waals surface area contributed by atoms with E-state index in [1.165, 1.54) is 18.2 Å². The van der Waals surface area contributed by atoms with Gasteiger partial charge in [0.1, 0.15) is 11.6 Å². The molecule has 4 nitrogen and oxygen atoms in total. The van der Waals surface area contributed by atoms with Crippen LogP contribution in [0.5, 0.6) is 0 Å². The number of hydrogen-bond acceptors (Lipinski definition) is 2. The Bertz CT molecular complexity index is 902. The summed E-state index contributed by atoms with van der Waals surface area (Å²) in [5, 5.41) is 7.06. The first-order chi connectivity index (χ1) is 13.1. The highest BCUT2D eigenvalue weighted by Crippen LogP contribution is 2.14. The van der Waals surface area contributed by atoms with Crippen LogP contribution in [0.1, 0.15) is 34.1 Å². The van der Waals surface area contributed by atoms with Gasteiger partial charge in [0.2, 0.25) is 0 Å². The molecule has 0 unspecified atom stereocenters. The standard InChI is InChI=1S/C21H21F2N3O/c1-2-20-17(13-25-26(20)14-15-7-4-3-5-8-15)21(27)24-12-11-16-18(22)9-6-10-19(16)23/h3-10,13H,2,11-12,14H2,1H3,(H,24,27). The van der Waals surface area contributed by atoms with E-state index >= 15 is 0 Å². The van der Waals surface area contributed by atoms with Gasteiger partial charge in [-0.15, -0.1) is 0 Å². The van der Waals surface area contributed by atoms with Gasteiger partial charge in [-0.05, 0) is 30.5 Å². The molecule has 0 atom stereocenters. The number of rotatable bonds is 7. The lowest BCUT2D eigenvalue weighted by molar-refractivity contribution is 0.0953. The Hall–Kier alpha value is -3.02. The zero-order chi connectivity index (χ0) is 19.2. The number of carbonyl (C=O) groups excluding carboxylic acids is 1. The minimum atomic E-state index is -0.603. The molecule has 6 heteroatoms. The molecular formula is C21H21F2N3O. The summed E-state index contributed by atoms with van der Waals surface area (Å²) in [4.78, 5) is 12.5. The Morgan fingerprint density at radius 2 is 1.78 bits per heavy atom. The Kier molecular flexibility index (Phi) is 5.96. The van der Waals surface area contributed by atoms with Gasteiger partial charge in [0.25, 0.3) is 5.91 Å². The Labute approximate surface area is 156 Å². The van der Waals surface area contributed by atoms with Gasteiger partial charge in [-0.2, -0.15) is 5.10 Å². The zero-order valence-electron chi connectivity index (χ0n) is 15.1. The van der Waals surface area contributed by atoms with Crippen molar-refractivity contribution in [3.63, 3.8) is 0 Å². The molecule has 0 aliphatic heterocycles. The molecule has 3 rings (SSSR count). The normalized spacial score (nSPS) is 10.8. The third-order valence-electron chi connectivity index (χ3n) is 4.43. The first-order valence-electron chi connectivity index (χ1n) is 8.89. The van der Waals surface area contributed by atoms with Gasteiger partial charge in [0, 0.05) is 12.1 Å². The zero-order valence-corrected chi connectivity index (χ0v) is 15.1. The number of carbonyl (C=O) groups is 1. The summed E-state index contributed by atoms with van der Waals surface area (Å²) in [7, 11) is 0. The molecule has 27 heavy (non-hydrogen) atoms. The van der Waals surface area contributed by atoms with E-state index in [0.717, 1.165) is 11.3 Å². The smallest absolute Gasteiger partial charge is 0.254 e. The number of aromatic nitrogens is 2. The van der Waals surface area contributed by atoms with E-state index in [-0.39, 0.29) is 24.4 Å². The van der Waals surface area contributed by atoms with Gasteiger partial charge in [0.15, 0.2) is 0 Å². The number of nitrogens with one attached hydrogen (secondary N) is 1. The third-order valence-corrected chi connectivity index (χ3v) is 4.43. The molecule has 2 aromatic carbocycles. The summed E-state index contributed by atoms with van der Waals surface area (Å²) in [5.74, 6) is -1.49. The van der Waals surface area contributed by atoms with Crippen LogP contribution in [0.3, 0.4) is 0 Å². The summed E-state index contributed by atoms with van der Waals surface area (Å²) < 4.78 is 29.1. The third kappa shape index (κ3) is 4.39. The van der Waals surface area contributed by atoms with Crippen molar-refractivity contribution in [1.82, 2.24) is 15.1 Å². The highest BCUT2D eigenvalue weighted by molar-refractivity contribution is 5.95. The van der Waals surface area contributed by atoms with E-state index in [2.05, 4.69) is 10.4 Å². The average Bonchev–Trinajstić information content (AvgIpc) is 3.07. The first kappa shape index (κ1) is 18.8. The molecule has 1 aromatic heterocycles. The summed E-state index contributed by atoms with van der Waals surface area (Å²) in [5.41, 5.74) is 2.39. The van der Waals surface area contributed by atoms with Crippen LogP contribution < -0.4 is 5.32 Å². The van der Waals surface area contributed by atoms with Gasteiger partial charge < -0.3 is 5.32 Å². The van der Waals surface area contributed by atoms with Gasteiger partial charge >= 0.3 is 0 Å². The van der Waals surface area contributed by atoms with Gasteiger partial charge in [-0.3, -0.25) is 9.48 Å². The summed E-state index contributed by atoms with van der Waals surface area (Å²) in [6, 6.07) is 13.6. The van der Waals surface area contributed by atoms with Crippen LogP contribution in [-0.2, 0) is 19.4 Å². The summed E-state index contributed by atoms with van der Waals surface area (Å²) in [6.07, 6.45) is 2.28. The number of amides is 1. The monoisotopic (exact) mass is 369 g/mol. The van der Waals surface area contributed by atoms with Crippen LogP contribution in [-0.4, -0.2) is 22.2 Å². The molecule has 1 heterocycles. The molecule has 0 aliphatic rings. The molecule has 0 saturated carbocycles. The fourth-order valence-electron chi connectivity index (χ4n) is 3.03. The van der Waals surface area contributed by atoms with E-state index < -0.39 is 11.6 Å². The largest absolute Gasteiger partial charge is 0.352 e. The van der Waals surface area contributed by atoms with Crippen molar-refractivity contribution in [1.29, 1.82) is 0 Å². The van der Waals surface area contributed by atoms with Crippen molar-refractivity contribution in [2.75, 3.05) is 6.54 Å². The highest BCUT2D eigenvalue weighted by Gasteiger charge is 2.16. The summed E-state index contributed by atoms with van der Waals surface area (Å²) >= 11 is 0. The lowest BCUT2D eigenvalue weighted by Gasteiger charge is -2.09. The fraction of sp³-hybridized carbons (Fsp3) is 0.238. The molecular weight excluding hydrogens is 348 g/mol. The lowest BCUT2D eigenvalue weighted by atomic mass is 10.1. The minimum Gasteiger partial charge on any atom is -0.352 e. The maximum absolute atomic E-state index is 13.7. The van der Waals surface area contributed by atoms with Crippen molar-refractivity contribution < 1.29 is 13.6 Å². The van der Waals surface area contributed by atoms with Crippen LogP contribution in [0.25, 0.3) is 0 Å². The predicted molar refractivity (Wildman–Crippen MR) is 99.5 cm³/mol. The van der Waals surface area contributed by atoms with E-state index in [4.69, 9.17) is 0 Å². The molecule has 1 N–H and O–H groups in total. The van der Waals surface area contributed by atoms with Crippen molar-refractivity contribution in [2.45, 2.75) is 26.3 Å². The number of halogens is 2. The summed E-state index contributed by atoms with van der Waals surface area (Å²) in [6.45, 7) is 2.69. The van der Waals surface area contributed by atoms with Crippen LogP contribution >= 0.6 is 0 Å². The molecule has 140 valence electrons. The van der Waals surface area contributed by atoms with Crippen molar-refractivity contribution in [3.05, 3.63) is 88.7 Å². The minimum absolute atomic E-state index is 0.0201. The molecule has 0 radical (unpaired) electrons. The number of nitrogens with zero attached hydrogens (tertiary/aromatic N) is 2. The molecule has 0 fully saturated rings. The molecule has 0 saturated heterocycles. The van der Waals surface area contributed by atoms with Crippen LogP contribution in [0.2, 0.25) is 0 Å². The highest BCUT2D eigenvalue weighted by atomic mass is 19.1. The van der Waals surface area contributed by atoms with E-state index in [9.17, 15) is 13.6 Å². The quantitative estimate of drug-likeness (QED) is 0.690. The van der Waals surface area contributed by atoms with Crippen LogP contribution in [0.15, 0.2) is 54.7 Å². The number of benzene rings is 2. The topological polar surface area (TPSA) is 46.9 Å². The van der Waals surface area contributed by atoms with Crippen molar-refractivity contribution in [2.24, 2.45) is 0 Å². The van der Waals surface area contributed by atoms with Crippen molar-refractivity contribution >= 4 is 5.91 Å². The first-order valence-corrected chi connectivity index (χ1v) is 8.89. The second kappa shape index (κ2) is 8.58. The maximum atomic E-state index is 13.7. The molecule has 0 aliphatic carbocycles. The second-order valence-corrected chi connectivity index (χ2v) is 6.21. The van der Waals surface area contributed by atoms with E-state index in [0.29, 0.717) is 18.5 Å². The Morgan fingerprint density at radius 1 is 1.07 bits per heavy atom. The molecule has 1 amide bonds. The van der Waals surface area contributed by atoms with Gasteiger partial charge in [-0.1, -0.05) is 43.3 Å². The van der Waals surface area contributed by atoms with Crippen LogP contribution in [0.4, 0.5) is 8.78 Å². The second-order valence-electron chi connectivity index (χ2n) is 6.21. The van der Waals surface area contributed by atoms with Crippen molar-refractivity contribution in [3.8, 4) is 0 Å². The Morgan fingerprint density at radius 3 is 2.44 bits per heavy atom. The molecule has 0 spiro atoms. The molecule has 0 bridgehead atoms. The average molecular weight is 369 g/mol. The number of hydrogen-bond donors (Lipinski definition) is 1. The SMILES string of the molecule is CCc1c(C(=O)NCCc2c(F)cccc2F)cnn1Cc1ccccc1. The molecule has 3 aromatic rings. The fourth-order valence-corrected chi connectivity index (χ4v) is 3.03. The predicted octanol–water partition coefficient (Wildman–Crippen LogP) is 3.74. The van der Waals surface area contributed by atoms with Gasteiger partial charge in [-0.25, -0.2) is 8.78 Å². The Balaban J connectivity index is 1.66. The van der Waals surface area contributed by atoms with E-state index in [1.54, 1.807) is 10.9 Å². The van der Waals surface area contributed by atoms with Crippen LogP contribution in [0, 0.1) is 11.6 Å².